The second kappa shape index (κ2) is 35.1. The first-order chi connectivity index (χ1) is 26.2. The molecule has 0 radical (unpaired) electrons. The van der Waals surface area contributed by atoms with Gasteiger partial charge in [-0.15, -0.1) is 0 Å². The van der Waals surface area contributed by atoms with E-state index in [0.29, 0.717) is 0 Å². The molecule has 2 bridgehead atoms. The van der Waals surface area contributed by atoms with Crippen molar-refractivity contribution >= 4 is 0 Å². The highest BCUT2D eigenvalue weighted by molar-refractivity contribution is 5.31. The third-order valence-corrected chi connectivity index (χ3v) is 11.6. The molecule has 2 unspecified atom stereocenters. The molecule has 0 amide bonds. The lowest BCUT2D eigenvalue weighted by molar-refractivity contribution is -0.0203. The van der Waals surface area contributed by atoms with E-state index in [-0.39, 0.29) is 12.5 Å². The molecule has 1 aromatic carbocycles. The zero-order chi connectivity index (χ0) is 37.9. The molecule has 0 aliphatic carbocycles. The van der Waals surface area contributed by atoms with Gasteiger partial charge in [0.1, 0.15) is 11.5 Å². The lowest BCUT2D eigenvalue weighted by atomic mass is 10.0. The molecule has 1 aromatic rings. The van der Waals surface area contributed by atoms with Crippen LogP contribution in [0.4, 0.5) is 0 Å². The number of nitrogens with zero attached hydrogens (tertiary/aromatic N) is 2. The fraction of sp³-hybridized carbons (Fsp3) is 0.875. The summed E-state index contributed by atoms with van der Waals surface area (Å²) in [6, 6.07) is 8.40. The van der Waals surface area contributed by atoms with E-state index in [4.69, 9.17) is 14.2 Å². The van der Waals surface area contributed by atoms with Gasteiger partial charge in [-0.3, -0.25) is 9.80 Å². The van der Waals surface area contributed by atoms with E-state index < -0.39 is 0 Å². The van der Waals surface area contributed by atoms with Crippen molar-refractivity contribution in [2.24, 2.45) is 0 Å². The summed E-state index contributed by atoms with van der Waals surface area (Å²) >= 11 is 0. The van der Waals surface area contributed by atoms with Crippen LogP contribution in [0.3, 0.4) is 0 Å². The Balaban J connectivity index is 1.64. The van der Waals surface area contributed by atoms with Crippen molar-refractivity contribution in [2.75, 3.05) is 39.4 Å². The zero-order valence-corrected chi connectivity index (χ0v) is 36.0. The van der Waals surface area contributed by atoms with Gasteiger partial charge in [0.15, 0.2) is 12.5 Å². The van der Waals surface area contributed by atoms with Gasteiger partial charge in [0.25, 0.3) is 0 Å². The SMILES string of the molecule is CCCCCCCCCCCCCCCCN(CC)C1CCOCCC(N(CC)CCCCCCCCCCCCCCCC)Oc2ccc(cc2)O1. The average molecular weight is 743 g/mol. The van der Waals surface area contributed by atoms with Crippen LogP contribution in [0.1, 0.15) is 220 Å². The average Bonchev–Trinajstić information content (AvgIpc) is 3.20. The van der Waals surface area contributed by atoms with Crippen molar-refractivity contribution in [3.63, 3.8) is 0 Å². The molecule has 2 aliphatic heterocycles. The molecule has 0 saturated carbocycles. The quantitative estimate of drug-likeness (QED) is 0.0657. The maximum atomic E-state index is 6.61. The summed E-state index contributed by atoms with van der Waals surface area (Å²) in [7, 11) is 0. The third kappa shape index (κ3) is 25.5. The lowest BCUT2D eigenvalue weighted by Gasteiger charge is -2.31. The van der Waals surface area contributed by atoms with Crippen LogP contribution in [0.15, 0.2) is 24.3 Å². The second-order valence-corrected chi connectivity index (χ2v) is 16.3. The number of ether oxygens (including phenoxy) is 3. The fourth-order valence-corrected chi connectivity index (χ4v) is 8.04. The van der Waals surface area contributed by atoms with Gasteiger partial charge in [-0.05, 0) is 50.2 Å². The monoisotopic (exact) mass is 743 g/mol. The van der Waals surface area contributed by atoms with Gasteiger partial charge < -0.3 is 14.2 Å². The van der Waals surface area contributed by atoms with Gasteiger partial charge >= 0.3 is 0 Å². The van der Waals surface area contributed by atoms with Crippen LogP contribution in [-0.2, 0) is 4.74 Å². The first-order valence-corrected chi connectivity index (χ1v) is 23.7. The summed E-state index contributed by atoms with van der Waals surface area (Å²) in [5.41, 5.74) is 0. The molecule has 5 nitrogen and oxygen atoms in total. The molecule has 310 valence electrons. The van der Waals surface area contributed by atoms with E-state index in [2.05, 4.69) is 61.8 Å². The Hall–Kier alpha value is -1.30. The highest BCUT2D eigenvalue weighted by atomic mass is 16.5. The predicted molar refractivity (Wildman–Crippen MR) is 230 cm³/mol. The maximum absolute atomic E-state index is 6.61. The van der Waals surface area contributed by atoms with Gasteiger partial charge in [0, 0.05) is 25.9 Å². The Morgan fingerprint density at radius 2 is 0.660 bits per heavy atom. The third-order valence-electron chi connectivity index (χ3n) is 11.6. The van der Waals surface area contributed by atoms with Crippen LogP contribution >= 0.6 is 0 Å². The van der Waals surface area contributed by atoms with Gasteiger partial charge in [-0.2, -0.15) is 0 Å². The minimum atomic E-state index is 0.0396. The Morgan fingerprint density at radius 3 is 0.925 bits per heavy atom. The number of hydrogen-bond donors (Lipinski definition) is 0. The summed E-state index contributed by atoms with van der Waals surface area (Å²) in [6.45, 7) is 14.8. The summed E-state index contributed by atoms with van der Waals surface area (Å²) in [4.78, 5) is 5.04. The number of hydrogen-bond acceptors (Lipinski definition) is 5. The Labute approximate surface area is 331 Å². The first-order valence-electron chi connectivity index (χ1n) is 23.7. The Morgan fingerprint density at radius 1 is 0.396 bits per heavy atom. The van der Waals surface area contributed by atoms with Crippen molar-refractivity contribution in [1.82, 2.24) is 9.80 Å². The molecule has 0 aromatic heterocycles. The topological polar surface area (TPSA) is 34.2 Å². The van der Waals surface area contributed by atoms with Crippen molar-refractivity contribution in [3.8, 4) is 11.5 Å². The molecule has 2 heterocycles. The summed E-state index contributed by atoms with van der Waals surface area (Å²) < 4.78 is 19.5. The maximum Gasteiger partial charge on any atom is 0.154 e. The molecule has 0 spiro atoms. The minimum absolute atomic E-state index is 0.0396. The highest BCUT2D eigenvalue weighted by Gasteiger charge is 2.22. The summed E-state index contributed by atoms with van der Waals surface area (Å²) in [5.74, 6) is 1.85. The van der Waals surface area contributed by atoms with Gasteiger partial charge in [-0.1, -0.05) is 195 Å². The van der Waals surface area contributed by atoms with Crippen LogP contribution in [0.5, 0.6) is 11.5 Å². The van der Waals surface area contributed by atoms with Crippen molar-refractivity contribution in [2.45, 2.75) is 233 Å². The molecule has 0 saturated heterocycles. The van der Waals surface area contributed by atoms with E-state index in [1.165, 1.54) is 180 Å². The molecule has 53 heavy (non-hydrogen) atoms. The van der Waals surface area contributed by atoms with E-state index in [1.54, 1.807) is 0 Å². The molecule has 0 N–H and O–H groups in total. The van der Waals surface area contributed by atoms with E-state index in [0.717, 1.165) is 63.7 Å². The Kier molecular flexibility index (Phi) is 31.7. The van der Waals surface area contributed by atoms with Gasteiger partial charge in [-0.25, -0.2) is 0 Å². The van der Waals surface area contributed by atoms with E-state index >= 15 is 0 Å². The van der Waals surface area contributed by atoms with Gasteiger partial charge in [0.2, 0.25) is 0 Å². The fourth-order valence-electron chi connectivity index (χ4n) is 8.04. The normalized spacial score (nSPS) is 16.7. The van der Waals surface area contributed by atoms with E-state index in [1.807, 2.05) is 0 Å². The van der Waals surface area contributed by atoms with Crippen LogP contribution in [-0.4, -0.2) is 61.6 Å². The highest BCUT2D eigenvalue weighted by Crippen LogP contribution is 2.24. The van der Waals surface area contributed by atoms with Crippen molar-refractivity contribution in [3.05, 3.63) is 24.3 Å². The smallest absolute Gasteiger partial charge is 0.154 e. The standard InChI is InChI=1S/C48H90N2O3/c1-5-9-11-13-15-17-19-21-23-25-27-29-31-33-41-49(7-3)47-39-43-51-44-40-48(53-46-37-35-45(52-47)36-38-46)50(8-4)42-34-32-30-28-26-24-22-20-18-16-14-12-10-6-2/h35-38,47-48H,5-34,39-44H2,1-4H3. The van der Waals surface area contributed by atoms with E-state index in [9.17, 15) is 0 Å². The van der Waals surface area contributed by atoms with Crippen LogP contribution in [0.2, 0.25) is 0 Å². The lowest BCUT2D eigenvalue weighted by Crippen LogP contribution is -2.41. The number of rotatable bonds is 34. The summed E-state index contributed by atoms with van der Waals surface area (Å²) in [6.07, 6.45) is 41.0. The first kappa shape index (κ1) is 47.9. The van der Waals surface area contributed by atoms with Crippen molar-refractivity contribution in [1.29, 1.82) is 0 Å². The largest absolute Gasteiger partial charge is 0.475 e. The molecule has 3 rings (SSSR count). The number of fused-ring (bicyclic) bond motifs is 10. The van der Waals surface area contributed by atoms with Crippen LogP contribution in [0.25, 0.3) is 0 Å². The molecular formula is C48H90N2O3. The Bertz CT molecular complexity index is 824. The van der Waals surface area contributed by atoms with Crippen LogP contribution in [0, 0.1) is 0 Å². The second-order valence-electron chi connectivity index (χ2n) is 16.3. The molecule has 0 fully saturated rings. The summed E-state index contributed by atoms with van der Waals surface area (Å²) in [5, 5.41) is 0. The zero-order valence-electron chi connectivity index (χ0n) is 36.0. The minimum Gasteiger partial charge on any atom is -0.475 e. The predicted octanol–water partition coefficient (Wildman–Crippen LogP) is 14.5. The van der Waals surface area contributed by atoms with Crippen molar-refractivity contribution < 1.29 is 14.2 Å². The molecular weight excluding hydrogens is 653 g/mol. The van der Waals surface area contributed by atoms with Gasteiger partial charge in [0.05, 0.1) is 13.2 Å². The number of benzene rings is 1. The molecule has 5 heteroatoms. The number of unbranched alkanes of at least 4 members (excludes halogenated alkanes) is 26. The van der Waals surface area contributed by atoms with Crippen LogP contribution < -0.4 is 9.47 Å². The molecule has 2 atom stereocenters. The molecule has 2 aliphatic rings.